The second-order valence-corrected chi connectivity index (χ2v) is 8.93. The number of nitrogens with zero attached hydrogens (tertiary/aromatic N) is 1. The molecule has 0 aromatic carbocycles. The highest BCUT2D eigenvalue weighted by Crippen LogP contribution is 2.57. The van der Waals surface area contributed by atoms with Crippen LogP contribution in [-0.2, 0) is 0 Å². The molecule has 6 heteroatoms. The Labute approximate surface area is 160 Å². The summed E-state index contributed by atoms with van der Waals surface area (Å²) in [5, 5.41) is 9.61. The Kier molecular flexibility index (Phi) is 4.82. The monoisotopic (exact) mass is 370 g/mol. The van der Waals surface area contributed by atoms with E-state index in [0.29, 0.717) is 24.1 Å². The van der Waals surface area contributed by atoms with Gasteiger partial charge in [0, 0.05) is 23.8 Å². The van der Waals surface area contributed by atoms with Crippen molar-refractivity contribution in [3.8, 4) is 0 Å². The van der Waals surface area contributed by atoms with E-state index in [4.69, 9.17) is 0 Å². The minimum atomic E-state index is -0.213. The van der Waals surface area contributed by atoms with Crippen LogP contribution in [0.25, 0.3) is 0 Å². The number of urea groups is 1. The molecule has 3 N–H and O–H groups in total. The van der Waals surface area contributed by atoms with Gasteiger partial charge in [-0.1, -0.05) is 19.4 Å². The zero-order valence-corrected chi connectivity index (χ0v) is 16.1. The Hall–Kier alpha value is -2.11. The van der Waals surface area contributed by atoms with Crippen LogP contribution in [0.4, 0.5) is 4.79 Å². The van der Waals surface area contributed by atoms with Crippen LogP contribution in [0.1, 0.15) is 68.8 Å². The minimum Gasteiger partial charge on any atom is -0.345 e. The molecule has 0 spiro atoms. The van der Waals surface area contributed by atoms with Crippen molar-refractivity contribution in [2.45, 2.75) is 69.4 Å². The first-order valence-electron chi connectivity index (χ1n) is 10.3. The lowest BCUT2D eigenvalue weighted by molar-refractivity contribution is -0.0431. The Morgan fingerprint density at radius 3 is 2.44 bits per heavy atom. The molecule has 0 radical (unpaired) electrons. The molecule has 27 heavy (non-hydrogen) atoms. The fourth-order valence-corrected chi connectivity index (χ4v) is 6.02. The van der Waals surface area contributed by atoms with Crippen molar-refractivity contribution in [1.29, 1.82) is 0 Å². The van der Waals surface area contributed by atoms with Crippen LogP contribution >= 0.6 is 0 Å². The van der Waals surface area contributed by atoms with Crippen molar-refractivity contribution < 1.29 is 9.59 Å². The van der Waals surface area contributed by atoms with Gasteiger partial charge >= 0.3 is 6.03 Å². The number of pyridine rings is 1. The highest BCUT2D eigenvalue weighted by Gasteiger charge is 2.58. The van der Waals surface area contributed by atoms with Gasteiger partial charge in [0.2, 0.25) is 0 Å². The first kappa shape index (κ1) is 18.3. The number of carbonyl (C=O) groups excluding carboxylic acids is 2. The highest BCUT2D eigenvalue weighted by molar-refractivity contribution is 5.92. The van der Waals surface area contributed by atoms with Gasteiger partial charge in [-0.25, -0.2) is 4.79 Å². The third-order valence-corrected chi connectivity index (χ3v) is 6.53. The summed E-state index contributed by atoms with van der Waals surface area (Å²) in [7, 11) is 0. The fraction of sp³-hybridized carbons (Fsp3) is 0.667. The van der Waals surface area contributed by atoms with E-state index in [9.17, 15) is 9.59 Å². The Bertz CT molecular complexity index is 691. The first-order valence-corrected chi connectivity index (χ1v) is 10.3. The predicted octanol–water partition coefficient (Wildman–Crippen LogP) is 3.00. The molecular formula is C21H30N4O2. The van der Waals surface area contributed by atoms with Crippen molar-refractivity contribution in [3.63, 3.8) is 0 Å². The highest BCUT2D eigenvalue weighted by atomic mass is 16.2. The number of nitrogens with one attached hydrogen (secondary N) is 3. The van der Waals surface area contributed by atoms with E-state index >= 15 is 0 Å². The third kappa shape index (κ3) is 3.80. The quantitative estimate of drug-likeness (QED) is 0.673. The zero-order chi connectivity index (χ0) is 18.9. The number of hydrogen-bond donors (Lipinski definition) is 3. The van der Waals surface area contributed by atoms with E-state index in [-0.39, 0.29) is 23.0 Å². The summed E-state index contributed by atoms with van der Waals surface area (Å²) in [6.45, 7) is 2.83. The van der Waals surface area contributed by atoms with Crippen molar-refractivity contribution in [3.05, 3.63) is 30.1 Å². The van der Waals surface area contributed by atoms with Gasteiger partial charge in [-0.15, -0.1) is 0 Å². The molecule has 3 amide bonds. The van der Waals surface area contributed by atoms with Crippen molar-refractivity contribution in [2.24, 2.45) is 11.8 Å². The van der Waals surface area contributed by atoms with Gasteiger partial charge in [0.15, 0.2) is 0 Å². The molecule has 4 aliphatic rings. The Balaban J connectivity index is 1.47. The van der Waals surface area contributed by atoms with Gasteiger partial charge in [0.25, 0.3) is 5.91 Å². The molecule has 1 aromatic rings. The van der Waals surface area contributed by atoms with Gasteiger partial charge in [-0.05, 0) is 68.9 Å². The molecule has 0 aliphatic heterocycles. The molecule has 2 atom stereocenters. The summed E-state index contributed by atoms with van der Waals surface area (Å²) in [6, 6.07) is 5.35. The van der Waals surface area contributed by atoms with Gasteiger partial charge in [0.05, 0.1) is 0 Å². The molecule has 1 aromatic heterocycles. The average Bonchev–Trinajstić information content (AvgIpc) is 2.60. The maximum Gasteiger partial charge on any atom is 0.315 e. The normalized spacial score (nSPS) is 33.5. The number of amides is 3. The molecule has 4 saturated carbocycles. The second kappa shape index (κ2) is 7.13. The lowest BCUT2D eigenvalue weighted by Crippen LogP contribution is -2.70. The number of aromatic nitrogens is 1. The zero-order valence-electron chi connectivity index (χ0n) is 16.1. The Morgan fingerprint density at radius 2 is 1.81 bits per heavy atom. The third-order valence-electron chi connectivity index (χ3n) is 6.53. The van der Waals surface area contributed by atoms with E-state index in [1.807, 2.05) is 12.1 Å². The van der Waals surface area contributed by atoms with Crippen LogP contribution in [-0.4, -0.2) is 34.5 Å². The Morgan fingerprint density at radius 1 is 1.11 bits per heavy atom. The molecule has 6 nitrogen and oxygen atoms in total. The maximum atomic E-state index is 12.8. The molecule has 1 heterocycles. The van der Waals surface area contributed by atoms with Crippen molar-refractivity contribution >= 4 is 11.9 Å². The van der Waals surface area contributed by atoms with Crippen LogP contribution in [0, 0.1) is 11.8 Å². The van der Waals surface area contributed by atoms with Crippen LogP contribution in [0.3, 0.4) is 0 Å². The largest absolute Gasteiger partial charge is 0.345 e. The first-order chi connectivity index (χ1) is 13.0. The van der Waals surface area contributed by atoms with Crippen molar-refractivity contribution in [2.75, 3.05) is 6.54 Å². The summed E-state index contributed by atoms with van der Waals surface area (Å²) in [5.41, 5.74) is 0.0697. The molecule has 4 aliphatic carbocycles. The lowest BCUT2D eigenvalue weighted by Gasteiger charge is -2.62. The predicted molar refractivity (Wildman–Crippen MR) is 103 cm³/mol. The number of carbonyl (C=O) groups is 2. The smallest absolute Gasteiger partial charge is 0.315 e. The van der Waals surface area contributed by atoms with Crippen LogP contribution in [0.2, 0.25) is 0 Å². The lowest BCUT2D eigenvalue weighted by atomic mass is 9.50. The van der Waals surface area contributed by atoms with Crippen LogP contribution < -0.4 is 16.0 Å². The SMILES string of the molecule is CCCCNC(=O)NC12CC3CC(C1)CC(NC(=O)c1ccccn1)(C3)C2. The second-order valence-electron chi connectivity index (χ2n) is 8.93. The summed E-state index contributed by atoms with van der Waals surface area (Å²) in [5.74, 6) is 1.05. The van der Waals surface area contributed by atoms with E-state index < -0.39 is 0 Å². The number of unbranched alkanes of at least 4 members (excludes halogenated alkanes) is 1. The molecule has 4 fully saturated rings. The molecule has 0 saturated heterocycles. The van der Waals surface area contributed by atoms with Gasteiger partial charge in [-0.3, -0.25) is 9.78 Å². The molecule has 146 valence electrons. The van der Waals surface area contributed by atoms with Gasteiger partial charge < -0.3 is 16.0 Å². The molecule has 4 bridgehead atoms. The standard InChI is InChI=1S/C21H30N4O2/c1-2-3-7-23-19(27)25-21-12-15-9-16(13-21)11-20(10-15,14-21)24-18(26)17-6-4-5-8-22-17/h4-6,8,15-16H,2-3,7,9-14H2,1H3,(H,24,26)(H2,23,25,27). The van der Waals surface area contributed by atoms with Crippen LogP contribution in [0.15, 0.2) is 24.4 Å². The molecule has 5 rings (SSSR count). The summed E-state index contributed by atoms with van der Waals surface area (Å²) in [4.78, 5) is 29.4. The van der Waals surface area contributed by atoms with E-state index in [1.165, 1.54) is 6.42 Å². The van der Waals surface area contributed by atoms with E-state index in [0.717, 1.165) is 44.9 Å². The number of hydrogen-bond acceptors (Lipinski definition) is 3. The minimum absolute atomic E-state index is 0.0587. The average molecular weight is 370 g/mol. The number of rotatable bonds is 6. The van der Waals surface area contributed by atoms with E-state index in [2.05, 4.69) is 27.9 Å². The summed E-state index contributed by atoms with van der Waals surface area (Å²) in [6.07, 6.45) is 9.87. The van der Waals surface area contributed by atoms with Crippen molar-refractivity contribution in [1.82, 2.24) is 20.9 Å². The molecule has 2 unspecified atom stereocenters. The maximum absolute atomic E-state index is 12.8. The topological polar surface area (TPSA) is 83.1 Å². The fourth-order valence-electron chi connectivity index (χ4n) is 6.02. The van der Waals surface area contributed by atoms with E-state index in [1.54, 1.807) is 12.3 Å². The molecular weight excluding hydrogens is 340 g/mol. The van der Waals surface area contributed by atoms with Gasteiger partial charge in [0.1, 0.15) is 5.69 Å². The summed E-state index contributed by atoms with van der Waals surface area (Å²) < 4.78 is 0. The van der Waals surface area contributed by atoms with Gasteiger partial charge in [-0.2, -0.15) is 0 Å². The summed E-state index contributed by atoms with van der Waals surface area (Å²) >= 11 is 0. The van der Waals surface area contributed by atoms with Crippen LogP contribution in [0.5, 0.6) is 0 Å².